The Balaban J connectivity index is 2.04. The Kier molecular flexibility index (Phi) is 7.04. The van der Waals surface area contributed by atoms with E-state index in [0.717, 1.165) is 5.56 Å². The van der Waals surface area contributed by atoms with Gasteiger partial charge in [-0.25, -0.2) is 0 Å². The second kappa shape index (κ2) is 9.90. The molecule has 0 aromatic heterocycles. The smallest absolute Gasteiger partial charge is 0.265 e. The second-order valence-corrected chi connectivity index (χ2v) is 6.90. The molecule has 7 nitrogen and oxygen atoms in total. The van der Waals surface area contributed by atoms with Crippen molar-refractivity contribution in [1.82, 2.24) is 10.2 Å². The van der Waals surface area contributed by atoms with Gasteiger partial charge in [-0.05, 0) is 36.0 Å². The normalized spacial score (nSPS) is 15.0. The van der Waals surface area contributed by atoms with E-state index < -0.39 is 11.8 Å². The lowest BCUT2D eigenvalue weighted by molar-refractivity contribution is -0.128. The highest BCUT2D eigenvalue weighted by Gasteiger charge is 2.33. The van der Waals surface area contributed by atoms with E-state index in [1.165, 1.54) is 31.3 Å². The molecular weight excluding hydrogens is 416 g/mol. The van der Waals surface area contributed by atoms with Crippen molar-refractivity contribution in [3.8, 4) is 17.2 Å². The van der Waals surface area contributed by atoms with Crippen LogP contribution in [0.25, 0.3) is 6.08 Å². The Labute approximate surface area is 185 Å². The lowest BCUT2D eigenvalue weighted by Gasteiger charge is -2.28. The number of carbonyl (C=O) groups is 2. The summed E-state index contributed by atoms with van der Waals surface area (Å²) in [7, 11) is 3.01. The standard InChI is InChI=1S/C23H22N2O5S/c1-4-12-25-22(27)17(21(26)24-23(25)31)13-16-10-11-18(28-2)20(29-3)19(16)30-14-15-8-6-5-7-9-15/h4-11,13H,1,12,14H2,2-3H3,(H,24,26,31)/b17-13+. The van der Waals surface area contributed by atoms with Gasteiger partial charge in [-0.2, -0.15) is 0 Å². The van der Waals surface area contributed by atoms with Crippen molar-refractivity contribution in [3.63, 3.8) is 0 Å². The Morgan fingerprint density at radius 1 is 1.06 bits per heavy atom. The molecule has 1 N–H and O–H groups in total. The number of carbonyl (C=O) groups excluding carboxylic acids is 2. The number of hydrogen-bond donors (Lipinski definition) is 1. The maximum absolute atomic E-state index is 12.9. The summed E-state index contributed by atoms with van der Waals surface area (Å²) in [5, 5.41) is 2.57. The van der Waals surface area contributed by atoms with Gasteiger partial charge in [0.1, 0.15) is 12.2 Å². The summed E-state index contributed by atoms with van der Waals surface area (Å²) >= 11 is 5.10. The Morgan fingerprint density at radius 3 is 2.45 bits per heavy atom. The third kappa shape index (κ3) is 4.75. The number of methoxy groups -OCH3 is 2. The minimum absolute atomic E-state index is 0.0416. The Hall–Kier alpha value is -3.65. The zero-order chi connectivity index (χ0) is 22.4. The van der Waals surface area contributed by atoms with Gasteiger partial charge in [-0.3, -0.25) is 19.8 Å². The average molecular weight is 439 g/mol. The van der Waals surface area contributed by atoms with Crippen LogP contribution in [0.2, 0.25) is 0 Å². The highest BCUT2D eigenvalue weighted by atomic mass is 32.1. The molecule has 0 atom stereocenters. The summed E-state index contributed by atoms with van der Waals surface area (Å²) < 4.78 is 16.9. The molecule has 0 bridgehead atoms. The number of thiocarbonyl (C=S) groups is 1. The van der Waals surface area contributed by atoms with Gasteiger partial charge in [-0.1, -0.05) is 36.4 Å². The van der Waals surface area contributed by atoms with E-state index in [0.29, 0.717) is 22.8 Å². The minimum Gasteiger partial charge on any atom is -0.493 e. The zero-order valence-corrected chi connectivity index (χ0v) is 18.0. The van der Waals surface area contributed by atoms with E-state index in [1.807, 2.05) is 30.3 Å². The van der Waals surface area contributed by atoms with Crippen LogP contribution >= 0.6 is 12.2 Å². The van der Waals surface area contributed by atoms with Gasteiger partial charge in [0.25, 0.3) is 11.8 Å². The van der Waals surface area contributed by atoms with E-state index in [4.69, 9.17) is 26.4 Å². The fourth-order valence-electron chi connectivity index (χ4n) is 3.05. The molecule has 1 fully saturated rings. The van der Waals surface area contributed by atoms with Crippen LogP contribution in [0.15, 0.2) is 60.7 Å². The highest BCUT2D eigenvalue weighted by molar-refractivity contribution is 7.80. The maximum atomic E-state index is 12.9. The van der Waals surface area contributed by atoms with Crippen LogP contribution in [0.5, 0.6) is 17.2 Å². The Bertz CT molecular complexity index is 1050. The summed E-state index contributed by atoms with van der Waals surface area (Å²) in [5.74, 6) is 0.0651. The monoisotopic (exact) mass is 438 g/mol. The lowest BCUT2D eigenvalue weighted by Crippen LogP contribution is -2.53. The Morgan fingerprint density at radius 2 is 1.81 bits per heavy atom. The van der Waals surface area contributed by atoms with E-state index in [-0.39, 0.29) is 23.8 Å². The SMILES string of the molecule is C=CCN1C(=O)/C(=C/c2ccc(OC)c(OC)c2OCc2ccccc2)C(=O)NC1=S. The first-order valence-electron chi connectivity index (χ1n) is 9.41. The van der Waals surface area contributed by atoms with Crippen LogP contribution in [0, 0.1) is 0 Å². The van der Waals surface area contributed by atoms with Crippen molar-refractivity contribution in [2.24, 2.45) is 0 Å². The number of hydrogen-bond acceptors (Lipinski definition) is 6. The van der Waals surface area contributed by atoms with Gasteiger partial charge in [0, 0.05) is 12.1 Å². The van der Waals surface area contributed by atoms with Crippen molar-refractivity contribution in [3.05, 3.63) is 71.8 Å². The van der Waals surface area contributed by atoms with Crippen LogP contribution in [0.1, 0.15) is 11.1 Å². The summed E-state index contributed by atoms with van der Waals surface area (Å²) in [4.78, 5) is 26.6. The summed E-state index contributed by atoms with van der Waals surface area (Å²) in [5.41, 5.74) is 1.35. The van der Waals surface area contributed by atoms with Gasteiger partial charge >= 0.3 is 0 Å². The van der Waals surface area contributed by atoms with Gasteiger partial charge in [-0.15, -0.1) is 6.58 Å². The van der Waals surface area contributed by atoms with Crippen LogP contribution in [0.3, 0.4) is 0 Å². The molecule has 2 amide bonds. The first-order valence-corrected chi connectivity index (χ1v) is 9.82. The first-order chi connectivity index (χ1) is 15.0. The van der Waals surface area contributed by atoms with Crippen LogP contribution in [-0.4, -0.2) is 42.6 Å². The molecule has 2 aromatic carbocycles. The van der Waals surface area contributed by atoms with Gasteiger partial charge in [0.15, 0.2) is 16.6 Å². The predicted octanol–water partition coefficient (Wildman–Crippen LogP) is 3.10. The van der Waals surface area contributed by atoms with Crippen molar-refractivity contribution >= 4 is 35.2 Å². The highest BCUT2D eigenvalue weighted by Crippen LogP contribution is 2.41. The van der Waals surface area contributed by atoms with Crippen LogP contribution < -0.4 is 19.5 Å². The largest absolute Gasteiger partial charge is 0.493 e. The maximum Gasteiger partial charge on any atom is 0.265 e. The van der Waals surface area contributed by atoms with Crippen LogP contribution in [0.4, 0.5) is 0 Å². The quantitative estimate of drug-likeness (QED) is 0.295. The number of amides is 2. The predicted molar refractivity (Wildman–Crippen MR) is 121 cm³/mol. The number of nitrogens with one attached hydrogen (secondary N) is 1. The topological polar surface area (TPSA) is 77.1 Å². The zero-order valence-electron chi connectivity index (χ0n) is 17.2. The number of nitrogens with zero attached hydrogens (tertiary/aromatic N) is 1. The van der Waals surface area contributed by atoms with E-state index in [2.05, 4.69) is 11.9 Å². The molecule has 8 heteroatoms. The molecule has 1 saturated heterocycles. The molecule has 0 aliphatic carbocycles. The van der Waals surface area contributed by atoms with E-state index >= 15 is 0 Å². The first kappa shape index (κ1) is 22.0. The molecule has 3 rings (SSSR count). The third-order valence-corrected chi connectivity index (χ3v) is 4.88. The van der Waals surface area contributed by atoms with Crippen molar-refractivity contribution in [1.29, 1.82) is 0 Å². The summed E-state index contributed by atoms with van der Waals surface area (Å²) in [6, 6.07) is 13.0. The molecule has 1 aliphatic heterocycles. The summed E-state index contributed by atoms with van der Waals surface area (Å²) in [6.07, 6.45) is 2.99. The molecule has 160 valence electrons. The lowest BCUT2D eigenvalue weighted by atomic mass is 10.1. The second-order valence-electron chi connectivity index (χ2n) is 6.52. The molecule has 1 heterocycles. The molecule has 0 spiro atoms. The molecule has 1 aliphatic rings. The molecule has 0 radical (unpaired) electrons. The fraction of sp³-hybridized carbons (Fsp3) is 0.174. The number of rotatable bonds is 8. The minimum atomic E-state index is -0.584. The molecule has 31 heavy (non-hydrogen) atoms. The molecule has 0 unspecified atom stereocenters. The molecule has 0 saturated carbocycles. The number of benzene rings is 2. The van der Waals surface area contributed by atoms with Crippen molar-refractivity contribution < 1.29 is 23.8 Å². The summed E-state index contributed by atoms with van der Waals surface area (Å²) in [6.45, 7) is 4.06. The average Bonchev–Trinajstić information content (AvgIpc) is 2.78. The van der Waals surface area contributed by atoms with Crippen molar-refractivity contribution in [2.45, 2.75) is 6.61 Å². The van der Waals surface area contributed by atoms with E-state index in [1.54, 1.807) is 12.1 Å². The van der Waals surface area contributed by atoms with Crippen LogP contribution in [-0.2, 0) is 16.2 Å². The fourth-order valence-corrected chi connectivity index (χ4v) is 3.30. The molecule has 2 aromatic rings. The van der Waals surface area contributed by atoms with Gasteiger partial charge in [0.05, 0.1) is 14.2 Å². The van der Waals surface area contributed by atoms with Gasteiger partial charge < -0.3 is 14.2 Å². The molecular formula is C23H22N2O5S. The van der Waals surface area contributed by atoms with Gasteiger partial charge in [0.2, 0.25) is 5.75 Å². The third-order valence-electron chi connectivity index (χ3n) is 4.55. The number of ether oxygens (including phenoxy) is 3. The van der Waals surface area contributed by atoms with Crippen molar-refractivity contribution in [2.75, 3.05) is 20.8 Å². The van der Waals surface area contributed by atoms with E-state index in [9.17, 15) is 9.59 Å².